The van der Waals surface area contributed by atoms with Crippen molar-refractivity contribution in [2.24, 2.45) is 0 Å². The van der Waals surface area contributed by atoms with E-state index in [1.54, 1.807) is 12.1 Å². The molecule has 26 heavy (non-hydrogen) atoms. The van der Waals surface area contributed by atoms with Crippen molar-refractivity contribution in [2.75, 3.05) is 11.4 Å². The normalized spacial score (nSPS) is 17.5. The molecule has 0 bridgehead atoms. The molecule has 4 rings (SSSR count). The van der Waals surface area contributed by atoms with Gasteiger partial charge in [-0.2, -0.15) is 13.2 Å². The second kappa shape index (κ2) is 5.78. The average molecular weight is 378 g/mol. The van der Waals surface area contributed by atoms with Gasteiger partial charge in [0, 0.05) is 34.8 Å². The number of hydrogen-bond donors (Lipinski definition) is 0. The molecule has 0 saturated heterocycles. The summed E-state index contributed by atoms with van der Waals surface area (Å²) in [4.78, 5) is 2.27. The predicted octanol–water partition coefficient (Wildman–Crippen LogP) is 6.44. The van der Waals surface area contributed by atoms with Gasteiger partial charge in [-0.15, -0.1) is 0 Å². The Hall–Kier alpha value is -1.94. The second-order valence-electron chi connectivity index (χ2n) is 7.46. The fraction of sp³-hybridized carbons (Fsp3) is 0.333. The van der Waals surface area contributed by atoms with Crippen LogP contribution in [0.1, 0.15) is 42.0 Å². The van der Waals surface area contributed by atoms with Crippen LogP contribution in [-0.2, 0) is 18.1 Å². The van der Waals surface area contributed by atoms with Crippen LogP contribution in [-0.4, -0.2) is 6.54 Å². The number of halogens is 4. The standard InChI is InChI=1S/C21H19ClF3N/c1-13(2)17-9-16(22)10-18-19(17)26(12-20(18)7-8-20)11-14-3-5-15(6-4-14)21(23,24)25/h3-6,9-10H,1,7-8,11-12H2,2H3. The molecule has 0 aromatic heterocycles. The molecule has 1 saturated carbocycles. The number of alkyl halides is 3. The third kappa shape index (κ3) is 2.90. The molecule has 1 spiro atoms. The molecule has 1 heterocycles. The minimum Gasteiger partial charge on any atom is -0.366 e. The number of rotatable bonds is 3. The lowest BCUT2D eigenvalue weighted by atomic mass is 9.95. The molecule has 0 amide bonds. The van der Waals surface area contributed by atoms with Gasteiger partial charge in [-0.25, -0.2) is 0 Å². The molecule has 1 aliphatic heterocycles. The van der Waals surface area contributed by atoms with Gasteiger partial charge in [-0.3, -0.25) is 0 Å². The van der Waals surface area contributed by atoms with Gasteiger partial charge in [0.25, 0.3) is 0 Å². The Balaban J connectivity index is 1.69. The first-order valence-electron chi connectivity index (χ1n) is 8.61. The van der Waals surface area contributed by atoms with Crippen LogP contribution in [0, 0.1) is 0 Å². The smallest absolute Gasteiger partial charge is 0.366 e. The van der Waals surface area contributed by atoms with Gasteiger partial charge in [0.2, 0.25) is 0 Å². The van der Waals surface area contributed by atoms with Crippen molar-refractivity contribution in [1.82, 2.24) is 0 Å². The van der Waals surface area contributed by atoms with Gasteiger partial charge in [-0.1, -0.05) is 30.3 Å². The van der Waals surface area contributed by atoms with Crippen LogP contribution < -0.4 is 4.90 Å². The van der Waals surface area contributed by atoms with Gasteiger partial charge >= 0.3 is 6.18 Å². The molecule has 0 atom stereocenters. The zero-order chi connectivity index (χ0) is 18.7. The Labute approximate surface area is 156 Å². The first-order chi connectivity index (χ1) is 12.2. The maximum Gasteiger partial charge on any atom is 0.416 e. The molecule has 2 aromatic carbocycles. The maximum atomic E-state index is 12.8. The predicted molar refractivity (Wildman–Crippen MR) is 99.6 cm³/mol. The summed E-state index contributed by atoms with van der Waals surface area (Å²) in [5.41, 5.74) is 4.77. The summed E-state index contributed by atoms with van der Waals surface area (Å²) in [6.45, 7) is 7.50. The summed E-state index contributed by atoms with van der Waals surface area (Å²) in [6, 6.07) is 9.42. The highest BCUT2D eigenvalue weighted by Crippen LogP contribution is 2.58. The van der Waals surface area contributed by atoms with Crippen LogP contribution in [0.3, 0.4) is 0 Å². The van der Waals surface area contributed by atoms with E-state index in [0.717, 1.165) is 53.9 Å². The number of anilines is 1. The Bertz CT molecular complexity index is 879. The van der Waals surface area contributed by atoms with E-state index >= 15 is 0 Å². The van der Waals surface area contributed by atoms with Crippen LogP contribution in [0.5, 0.6) is 0 Å². The Kier molecular flexibility index (Phi) is 3.88. The lowest BCUT2D eigenvalue weighted by molar-refractivity contribution is -0.137. The fourth-order valence-electron chi connectivity index (χ4n) is 3.93. The van der Waals surface area contributed by atoms with Crippen molar-refractivity contribution < 1.29 is 13.2 Å². The first kappa shape index (κ1) is 17.5. The molecule has 136 valence electrons. The number of allylic oxidation sites excluding steroid dienone is 1. The lowest BCUT2D eigenvalue weighted by Crippen LogP contribution is -2.24. The van der Waals surface area contributed by atoms with E-state index in [1.807, 2.05) is 19.1 Å². The topological polar surface area (TPSA) is 3.24 Å². The van der Waals surface area contributed by atoms with Gasteiger partial charge in [0.1, 0.15) is 0 Å². The first-order valence-corrected chi connectivity index (χ1v) is 8.98. The molecule has 1 aliphatic carbocycles. The SMILES string of the molecule is C=C(C)c1cc(Cl)cc2c1N(Cc1ccc(C(F)(F)F)cc1)CC21CC1. The van der Waals surface area contributed by atoms with Gasteiger partial charge in [0.05, 0.1) is 5.56 Å². The van der Waals surface area contributed by atoms with E-state index in [1.165, 1.54) is 5.56 Å². The quantitative estimate of drug-likeness (QED) is 0.594. The van der Waals surface area contributed by atoms with Crippen LogP contribution in [0.2, 0.25) is 5.02 Å². The van der Waals surface area contributed by atoms with Crippen molar-refractivity contribution in [2.45, 2.75) is 37.9 Å². The van der Waals surface area contributed by atoms with E-state index in [2.05, 4.69) is 11.5 Å². The minimum absolute atomic E-state index is 0.149. The highest BCUT2D eigenvalue weighted by atomic mass is 35.5. The number of fused-ring (bicyclic) bond motifs is 2. The number of nitrogens with zero attached hydrogens (tertiary/aromatic N) is 1. The molecule has 0 N–H and O–H groups in total. The molecule has 1 fully saturated rings. The number of benzene rings is 2. The molecule has 0 unspecified atom stereocenters. The van der Waals surface area contributed by atoms with E-state index in [9.17, 15) is 13.2 Å². The van der Waals surface area contributed by atoms with Crippen LogP contribution in [0.25, 0.3) is 5.57 Å². The summed E-state index contributed by atoms with van der Waals surface area (Å²) in [5.74, 6) is 0. The Morgan fingerprint density at radius 3 is 2.38 bits per heavy atom. The molecular formula is C21H19ClF3N. The van der Waals surface area contributed by atoms with Crippen LogP contribution in [0.4, 0.5) is 18.9 Å². The number of hydrogen-bond acceptors (Lipinski definition) is 1. The van der Waals surface area contributed by atoms with Crippen molar-refractivity contribution in [3.05, 3.63) is 70.3 Å². The molecule has 0 radical (unpaired) electrons. The van der Waals surface area contributed by atoms with Gasteiger partial charge < -0.3 is 4.90 Å². The maximum absolute atomic E-state index is 12.8. The zero-order valence-electron chi connectivity index (χ0n) is 14.5. The summed E-state index contributed by atoms with van der Waals surface area (Å²) >= 11 is 6.33. The van der Waals surface area contributed by atoms with E-state index in [0.29, 0.717) is 11.6 Å². The zero-order valence-corrected chi connectivity index (χ0v) is 15.2. The third-order valence-electron chi connectivity index (χ3n) is 5.42. The fourth-order valence-corrected chi connectivity index (χ4v) is 4.15. The highest BCUT2D eigenvalue weighted by molar-refractivity contribution is 6.31. The largest absolute Gasteiger partial charge is 0.416 e. The van der Waals surface area contributed by atoms with Crippen molar-refractivity contribution in [3.8, 4) is 0 Å². The summed E-state index contributed by atoms with van der Waals surface area (Å²) in [5, 5.41) is 0.712. The molecular weight excluding hydrogens is 359 g/mol. The Morgan fingerprint density at radius 1 is 1.19 bits per heavy atom. The van der Waals surface area contributed by atoms with Crippen molar-refractivity contribution in [3.63, 3.8) is 0 Å². The highest BCUT2D eigenvalue weighted by Gasteiger charge is 2.52. The third-order valence-corrected chi connectivity index (χ3v) is 5.64. The molecule has 5 heteroatoms. The molecule has 2 aromatic rings. The lowest BCUT2D eigenvalue weighted by Gasteiger charge is -2.23. The summed E-state index contributed by atoms with van der Waals surface area (Å²) in [6.07, 6.45) is -2.06. The van der Waals surface area contributed by atoms with Crippen molar-refractivity contribution in [1.29, 1.82) is 0 Å². The van der Waals surface area contributed by atoms with Crippen LogP contribution in [0.15, 0.2) is 43.0 Å². The minimum atomic E-state index is -4.30. The monoisotopic (exact) mass is 377 g/mol. The van der Waals surface area contributed by atoms with E-state index in [-0.39, 0.29) is 5.41 Å². The van der Waals surface area contributed by atoms with Gasteiger partial charge in [0.15, 0.2) is 0 Å². The van der Waals surface area contributed by atoms with E-state index < -0.39 is 11.7 Å². The van der Waals surface area contributed by atoms with Crippen molar-refractivity contribution >= 4 is 22.9 Å². The summed E-state index contributed by atoms with van der Waals surface area (Å²) in [7, 11) is 0. The van der Waals surface area contributed by atoms with Gasteiger partial charge in [-0.05, 0) is 60.7 Å². The summed E-state index contributed by atoms with van der Waals surface area (Å²) < 4.78 is 38.3. The Morgan fingerprint density at radius 2 is 1.85 bits per heavy atom. The van der Waals surface area contributed by atoms with Crippen LogP contribution >= 0.6 is 11.6 Å². The molecule has 2 aliphatic rings. The molecule has 1 nitrogen and oxygen atoms in total. The second-order valence-corrected chi connectivity index (χ2v) is 7.90. The average Bonchev–Trinajstić information content (AvgIpc) is 3.27. The van der Waals surface area contributed by atoms with E-state index in [4.69, 9.17) is 11.6 Å².